The predicted molar refractivity (Wildman–Crippen MR) is 75.2 cm³/mol. The van der Waals surface area contributed by atoms with Gasteiger partial charge in [0.05, 0.1) is 12.0 Å². The molecule has 2 unspecified atom stereocenters. The van der Waals surface area contributed by atoms with E-state index in [1.54, 1.807) is 11.3 Å². The minimum absolute atomic E-state index is 0.0212. The third-order valence-corrected chi connectivity index (χ3v) is 3.70. The van der Waals surface area contributed by atoms with Gasteiger partial charge < -0.3 is 15.7 Å². The molecule has 0 aliphatic rings. The fraction of sp³-hybridized carbons (Fsp3) is 0.538. The van der Waals surface area contributed by atoms with Crippen molar-refractivity contribution in [1.82, 2.24) is 10.6 Å². The van der Waals surface area contributed by atoms with Gasteiger partial charge in [0, 0.05) is 6.54 Å². The molecule has 0 aliphatic carbocycles. The van der Waals surface area contributed by atoms with Gasteiger partial charge in [-0.05, 0) is 35.2 Å². The fourth-order valence-electron chi connectivity index (χ4n) is 1.66. The molecule has 0 fully saturated rings. The van der Waals surface area contributed by atoms with Crippen LogP contribution in [0.5, 0.6) is 0 Å². The maximum Gasteiger partial charge on any atom is 0.315 e. The summed E-state index contributed by atoms with van der Waals surface area (Å²) >= 11 is 1.57. The topological polar surface area (TPSA) is 78.4 Å². The molecule has 5 nitrogen and oxygen atoms in total. The first kappa shape index (κ1) is 15.5. The van der Waals surface area contributed by atoms with E-state index in [2.05, 4.69) is 10.6 Å². The number of rotatable bonds is 6. The fourth-order valence-corrected chi connectivity index (χ4v) is 2.42. The molecule has 0 aliphatic heterocycles. The third-order valence-electron chi connectivity index (χ3n) is 3.00. The van der Waals surface area contributed by atoms with Crippen molar-refractivity contribution in [1.29, 1.82) is 0 Å². The predicted octanol–water partition coefficient (Wildman–Crippen LogP) is 2.47. The summed E-state index contributed by atoms with van der Waals surface area (Å²) < 4.78 is 0. The molecular formula is C13H20N2O3S. The smallest absolute Gasteiger partial charge is 0.315 e. The van der Waals surface area contributed by atoms with Crippen LogP contribution in [-0.2, 0) is 4.79 Å². The first-order valence-corrected chi connectivity index (χ1v) is 7.15. The van der Waals surface area contributed by atoms with Gasteiger partial charge >= 0.3 is 12.0 Å². The van der Waals surface area contributed by atoms with Crippen molar-refractivity contribution in [3.63, 3.8) is 0 Å². The Hall–Kier alpha value is -1.56. The lowest BCUT2D eigenvalue weighted by Crippen LogP contribution is -2.42. The van der Waals surface area contributed by atoms with Gasteiger partial charge in [-0.3, -0.25) is 4.79 Å². The molecule has 3 N–H and O–H groups in total. The average molecular weight is 284 g/mol. The summed E-state index contributed by atoms with van der Waals surface area (Å²) in [6.45, 7) is 5.67. The van der Waals surface area contributed by atoms with Crippen molar-refractivity contribution in [2.24, 2.45) is 11.8 Å². The summed E-state index contributed by atoms with van der Waals surface area (Å²) in [6.07, 6.45) is 0. The van der Waals surface area contributed by atoms with Crippen LogP contribution in [0.1, 0.15) is 32.4 Å². The van der Waals surface area contributed by atoms with Gasteiger partial charge in [0.25, 0.3) is 0 Å². The normalized spacial score (nSPS) is 13.9. The standard InChI is InChI=1S/C13H20N2O3S/c1-8(2)11(12(16)17)6-14-13(18)15-9(3)10-4-5-19-7-10/h4-5,7-9,11H,6H2,1-3H3,(H,16,17)(H2,14,15,18). The third kappa shape index (κ3) is 4.90. The van der Waals surface area contributed by atoms with Gasteiger partial charge in [-0.1, -0.05) is 13.8 Å². The second kappa shape index (κ2) is 7.13. The van der Waals surface area contributed by atoms with Crippen molar-refractivity contribution in [3.05, 3.63) is 22.4 Å². The zero-order valence-corrected chi connectivity index (χ0v) is 12.2. The monoisotopic (exact) mass is 284 g/mol. The zero-order chi connectivity index (χ0) is 14.4. The number of amides is 2. The summed E-state index contributed by atoms with van der Waals surface area (Å²) in [5, 5.41) is 18.3. The van der Waals surface area contributed by atoms with Crippen molar-refractivity contribution >= 4 is 23.3 Å². The van der Waals surface area contributed by atoms with Crippen LogP contribution in [0.3, 0.4) is 0 Å². The van der Waals surface area contributed by atoms with Crippen LogP contribution in [0.25, 0.3) is 0 Å². The van der Waals surface area contributed by atoms with E-state index in [9.17, 15) is 9.59 Å². The van der Waals surface area contributed by atoms with Gasteiger partial charge in [0.1, 0.15) is 0 Å². The van der Waals surface area contributed by atoms with Crippen LogP contribution in [0.4, 0.5) is 4.79 Å². The molecule has 6 heteroatoms. The van der Waals surface area contributed by atoms with Gasteiger partial charge in [0.2, 0.25) is 0 Å². The number of thiophene rings is 1. The van der Waals surface area contributed by atoms with Crippen molar-refractivity contribution < 1.29 is 14.7 Å². The molecule has 0 saturated carbocycles. The maximum absolute atomic E-state index is 11.7. The molecule has 0 saturated heterocycles. The lowest BCUT2D eigenvalue weighted by molar-refractivity contribution is -0.142. The molecule has 2 amide bonds. The van der Waals surface area contributed by atoms with Gasteiger partial charge in [-0.15, -0.1) is 0 Å². The highest BCUT2D eigenvalue weighted by molar-refractivity contribution is 7.07. The summed E-state index contributed by atoms with van der Waals surface area (Å²) in [7, 11) is 0. The van der Waals surface area contributed by atoms with Crippen LogP contribution in [0.2, 0.25) is 0 Å². The molecular weight excluding hydrogens is 264 g/mol. The molecule has 106 valence electrons. The van der Waals surface area contributed by atoms with E-state index in [0.717, 1.165) is 5.56 Å². The number of nitrogens with one attached hydrogen (secondary N) is 2. The number of carboxylic acids is 1. The largest absolute Gasteiger partial charge is 0.481 e. The van der Waals surface area contributed by atoms with Crippen molar-refractivity contribution in [2.45, 2.75) is 26.8 Å². The Morgan fingerprint density at radius 1 is 1.37 bits per heavy atom. The van der Waals surface area contributed by atoms with E-state index in [1.165, 1.54) is 0 Å². The molecule has 0 bridgehead atoms. The Labute approximate surface area is 117 Å². The molecule has 0 radical (unpaired) electrons. The Balaban J connectivity index is 2.41. The average Bonchev–Trinajstić information content (AvgIpc) is 2.81. The highest BCUT2D eigenvalue weighted by Crippen LogP contribution is 2.15. The van der Waals surface area contributed by atoms with E-state index in [-0.39, 0.29) is 24.5 Å². The lowest BCUT2D eigenvalue weighted by atomic mass is 9.96. The van der Waals surface area contributed by atoms with Crippen LogP contribution in [0, 0.1) is 11.8 Å². The number of hydrogen-bond donors (Lipinski definition) is 3. The second-order valence-electron chi connectivity index (χ2n) is 4.82. The summed E-state index contributed by atoms with van der Waals surface area (Å²) in [6, 6.07) is 1.52. The second-order valence-corrected chi connectivity index (χ2v) is 5.60. The number of urea groups is 1. The van der Waals surface area contributed by atoms with E-state index in [1.807, 2.05) is 37.6 Å². The molecule has 1 heterocycles. The number of hydrogen-bond acceptors (Lipinski definition) is 3. The molecule has 1 rings (SSSR count). The highest BCUT2D eigenvalue weighted by Gasteiger charge is 2.22. The highest BCUT2D eigenvalue weighted by atomic mass is 32.1. The Morgan fingerprint density at radius 2 is 2.05 bits per heavy atom. The van der Waals surface area contributed by atoms with Crippen molar-refractivity contribution in [3.8, 4) is 0 Å². The van der Waals surface area contributed by atoms with Gasteiger partial charge in [0.15, 0.2) is 0 Å². The maximum atomic E-state index is 11.7. The van der Waals surface area contributed by atoms with Crippen LogP contribution < -0.4 is 10.6 Å². The van der Waals surface area contributed by atoms with Crippen molar-refractivity contribution in [2.75, 3.05) is 6.54 Å². The quantitative estimate of drug-likeness (QED) is 0.751. The van der Waals surface area contributed by atoms with Gasteiger partial charge in [-0.25, -0.2) is 4.79 Å². The summed E-state index contributed by atoms with van der Waals surface area (Å²) in [5.74, 6) is -1.48. The molecule has 19 heavy (non-hydrogen) atoms. The SMILES string of the molecule is CC(NC(=O)NCC(C(=O)O)C(C)C)c1ccsc1. The van der Waals surface area contributed by atoms with Crippen LogP contribution in [-0.4, -0.2) is 23.7 Å². The zero-order valence-electron chi connectivity index (χ0n) is 11.3. The first-order valence-electron chi connectivity index (χ1n) is 6.21. The van der Waals surface area contributed by atoms with E-state index in [4.69, 9.17) is 5.11 Å². The Bertz CT molecular complexity index is 418. The molecule has 1 aromatic rings. The van der Waals surface area contributed by atoms with Crippen LogP contribution in [0.15, 0.2) is 16.8 Å². The Morgan fingerprint density at radius 3 is 2.53 bits per heavy atom. The van der Waals surface area contributed by atoms with Gasteiger partial charge in [-0.2, -0.15) is 11.3 Å². The van der Waals surface area contributed by atoms with E-state index < -0.39 is 11.9 Å². The molecule has 1 aromatic heterocycles. The summed E-state index contributed by atoms with van der Waals surface area (Å²) in [5.41, 5.74) is 1.04. The van der Waals surface area contributed by atoms with E-state index >= 15 is 0 Å². The first-order chi connectivity index (χ1) is 8.91. The molecule has 0 aromatic carbocycles. The minimum atomic E-state index is -0.888. The summed E-state index contributed by atoms with van der Waals surface area (Å²) in [4.78, 5) is 22.7. The number of carbonyl (C=O) groups is 2. The molecule has 2 atom stereocenters. The minimum Gasteiger partial charge on any atom is -0.481 e. The Kier molecular flexibility index (Phi) is 5.82. The number of aliphatic carboxylic acids is 1. The lowest BCUT2D eigenvalue weighted by Gasteiger charge is -2.18. The van der Waals surface area contributed by atoms with Crippen LogP contribution >= 0.6 is 11.3 Å². The number of carbonyl (C=O) groups excluding carboxylic acids is 1. The number of carboxylic acid groups (broad SMARTS) is 1. The molecule has 0 spiro atoms. The van der Waals surface area contributed by atoms with E-state index in [0.29, 0.717) is 0 Å².